The summed E-state index contributed by atoms with van der Waals surface area (Å²) in [5.74, 6) is -0.0799. The molecule has 1 aliphatic heterocycles. The Morgan fingerprint density at radius 1 is 1.43 bits per heavy atom. The number of likely N-dealkylation sites (tertiary alicyclic amines) is 1. The van der Waals surface area contributed by atoms with Gasteiger partial charge in [0.1, 0.15) is 5.56 Å². The van der Waals surface area contributed by atoms with E-state index in [1.165, 1.54) is 6.07 Å². The zero-order valence-corrected chi connectivity index (χ0v) is 12.9. The number of hydrogen-bond acceptors (Lipinski definition) is 4. The molecule has 0 bridgehead atoms. The van der Waals surface area contributed by atoms with Crippen LogP contribution in [0.4, 0.5) is 5.69 Å². The lowest BCUT2D eigenvalue weighted by molar-refractivity contribution is -0.385. The number of aromatic amines is 1. The van der Waals surface area contributed by atoms with Gasteiger partial charge >= 0.3 is 0 Å². The highest BCUT2D eigenvalue weighted by molar-refractivity contribution is 5.98. The van der Waals surface area contributed by atoms with Crippen LogP contribution in [0.2, 0.25) is 0 Å². The lowest BCUT2D eigenvalue weighted by Crippen LogP contribution is -2.39. The molecule has 0 unspecified atom stereocenters. The molecule has 1 amide bonds. The van der Waals surface area contributed by atoms with Crippen LogP contribution < -0.4 is 0 Å². The summed E-state index contributed by atoms with van der Waals surface area (Å²) < 4.78 is 0. The van der Waals surface area contributed by atoms with E-state index in [0.717, 1.165) is 18.5 Å². The van der Waals surface area contributed by atoms with Crippen LogP contribution in [0.15, 0.2) is 30.5 Å². The summed E-state index contributed by atoms with van der Waals surface area (Å²) >= 11 is 0. The van der Waals surface area contributed by atoms with E-state index < -0.39 is 4.92 Å². The second-order valence-corrected chi connectivity index (χ2v) is 5.83. The van der Waals surface area contributed by atoms with Crippen molar-refractivity contribution >= 4 is 11.6 Å². The number of nitrogens with one attached hydrogen (secondary N) is 1. The minimum absolute atomic E-state index is 0.0961. The van der Waals surface area contributed by atoms with Gasteiger partial charge in [-0.1, -0.05) is 12.1 Å². The lowest BCUT2D eigenvalue weighted by atomic mass is 9.94. The van der Waals surface area contributed by atoms with Crippen LogP contribution in [-0.4, -0.2) is 39.0 Å². The maximum atomic E-state index is 12.8. The molecule has 7 nitrogen and oxygen atoms in total. The highest BCUT2D eigenvalue weighted by Crippen LogP contribution is 2.29. The number of aromatic nitrogens is 2. The van der Waals surface area contributed by atoms with Gasteiger partial charge in [-0.2, -0.15) is 5.10 Å². The Morgan fingerprint density at radius 3 is 2.96 bits per heavy atom. The Bertz CT molecular complexity index is 727. The van der Waals surface area contributed by atoms with Gasteiger partial charge in [0.05, 0.1) is 4.92 Å². The average molecular weight is 314 g/mol. The van der Waals surface area contributed by atoms with Crippen LogP contribution in [0.1, 0.15) is 40.4 Å². The Morgan fingerprint density at radius 2 is 2.26 bits per heavy atom. The third-order valence-corrected chi connectivity index (χ3v) is 4.32. The van der Waals surface area contributed by atoms with Gasteiger partial charge in [-0.25, -0.2) is 0 Å². The first-order valence-electron chi connectivity index (χ1n) is 7.60. The fourth-order valence-corrected chi connectivity index (χ4v) is 3.15. The summed E-state index contributed by atoms with van der Waals surface area (Å²) in [6.07, 6.45) is 3.54. The molecule has 7 heteroatoms. The molecule has 0 saturated carbocycles. The maximum absolute atomic E-state index is 12.8. The van der Waals surface area contributed by atoms with Crippen molar-refractivity contribution in [1.29, 1.82) is 0 Å². The van der Waals surface area contributed by atoms with Gasteiger partial charge in [0.2, 0.25) is 0 Å². The Hall–Kier alpha value is -2.70. The molecular weight excluding hydrogens is 296 g/mol. The molecule has 0 radical (unpaired) electrons. The molecule has 1 fully saturated rings. The fraction of sp³-hybridized carbons (Fsp3) is 0.375. The number of para-hydroxylation sites is 1. The number of nitro groups is 1. The zero-order chi connectivity index (χ0) is 16.4. The van der Waals surface area contributed by atoms with Crippen molar-refractivity contribution in [2.24, 2.45) is 0 Å². The molecule has 23 heavy (non-hydrogen) atoms. The average Bonchev–Trinajstić information content (AvgIpc) is 3.08. The Labute approximate surface area is 133 Å². The number of amides is 1. The number of carbonyl (C=O) groups excluding carboxylic acids is 1. The number of hydrogen-bond donors (Lipinski definition) is 1. The van der Waals surface area contributed by atoms with Crippen molar-refractivity contribution in [3.05, 3.63) is 57.4 Å². The monoisotopic (exact) mass is 314 g/mol. The van der Waals surface area contributed by atoms with Crippen LogP contribution in [-0.2, 0) is 0 Å². The van der Waals surface area contributed by atoms with Crippen LogP contribution in [0.5, 0.6) is 0 Å². The van der Waals surface area contributed by atoms with Crippen LogP contribution >= 0.6 is 0 Å². The number of nitrogens with zero attached hydrogens (tertiary/aromatic N) is 3. The molecular formula is C16H18N4O3. The van der Waals surface area contributed by atoms with Crippen molar-refractivity contribution < 1.29 is 9.72 Å². The predicted octanol–water partition coefficient (Wildman–Crippen LogP) is 2.65. The van der Waals surface area contributed by atoms with Crippen molar-refractivity contribution in [2.75, 3.05) is 13.1 Å². The van der Waals surface area contributed by atoms with E-state index in [1.807, 2.05) is 6.07 Å². The van der Waals surface area contributed by atoms with Gasteiger partial charge in [-0.3, -0.25) is 20.0 Å². The normalized spacial score (nSPS) is 18.0. The molecule has 2 aromatic rings. The standard InChI is InChI=1S/C16H18N4O3/c1-11-4-2-6-13(15(11)20(22)23)16(21)19-9-3-5-12(10-19)14-7-8-17-18-14/h2,4,6-8,12H,3,5,9-10H2,1H3,(H,17,18)/t12-/m1/s1. The summed E-state index contributed by atoms with van der Waals surface area (Å²) in [6, 6.07) is 6.78. The molecule has 1 aromatic carbocycles. The molecule has 1 N–H and O–H groups in total. The maximum Gasteiger partial charge on any atom is 0.285 e. The summed E-state index contributed by atoms with van der Waals surface area (Å²) in [4.78, 5) is 25.3. The van der Waals surface area contributed by atoms with Gasteiger partial charge in [0.15, 0.2) is 0 Å². The number of carbonyl (C=O) groups is 1. The highest BCUT2D eigenvalue weighted by atomic mass is 16.6. The second kappa shape index (κ2) is 6.20. The minimum atomic E-state index is -0.473. The molecule has 1 atom stereocenters. The Balaban J connectivity index is 1.86. The van der Waals surface area contributed by atoms with Crippen molar-refractivity contribution in [2.45, 2.75) is 25.7 Å². The third kappa shape index (κ3) is 2.94. The number of rotatable bonds is 3. The fourth-order valence-electron chi connectivity index (χ4n) is 3.15. The van der Waals surface area contributed by atoms with Crippen LogP contribution in [0, 0.1) is 17.0 Å². The first-order valence-corrected chi connectivity index (χ1v) is 7.60. The van der Waals surface area contributed by atoms with Crippen LogP contribution in [0.3, 0.4) is 0 Å². The van der Waals surface area contributed by atoms with Gasteiger partial charge in [-0.15, -0.1) is 0 Å². The molecule has 1 aliphatic rings. The molecule has 1 saturated heterocycles. The topological polar surface area (TPSA) is 92.1 Å². The summed E-state index contributed by atoms with van der Waals surface area (Å²) in [5, 5.41) is 18.2. The van der Waals surface area contributed by atoms with Crippen molar-refractivity contribution in [3.63, 3.8) is 0 Å². The molecule has 0 aliphatic carbocycles. The molecule has 3 rings (SSSR count). The van der Waals surface area contributed by atoms with E-state index in [2.05, 4.69) is 10.2 Å². The quantitative estimate of drug-likeness (QED) is 0.696. The van der Waals surface area contributed by atoms with Gasteiger partial charge < -0.3 is 4.90 Å². The first kappa shape index (κ1) is 15.2. The van der Waals surface area contributed by atoms with Crippen molar-refractivity contribution in [1.82, 2.24) is 15.1 Å². The van der Waals surface area contributed by atoms with Gasteiger partial charge in [-0.05, 0) is 31.9 Å². The van der Waals surface area contributed by atoms with Crippen molar-refractivity contribution in [3.8, 4) is 0 Å². The number of H-pyrrole nitrogens is 1. The van der Waals surface area contributed by atoms with E-state index in [0.29, 0.717) is 18.7 Å². The third-order valence-electron chi connectivity index (χ3n) is 4.32. The SMILES string of the molecule is Cc1cccc(C(=O)N2CCC[C@@H](c3ccn[nH]3)C2)c1[N+](=O)[O-]. The lowest BCUT2D eigenvalue weighted by Gasteiger charge is -2.32. The van der Waals surface area contributed by atoms with E-state index in [4.69, 9.17) is 0 Å². The number of piperidine rings is 1. The van der Waals surface area contributed by atoms with Gasteiger partial charge in [0, 0.05) is 36.5 Å². The number of aryl methyl sites for hydroxylation is 1. The second-order valence-electron chi connectivity index (χ2n) is 5.83. The summed E-state index contributed by atoms with van der Waals surface area (Å²) in [6.45, 7) is 2.82. The number of nitro benzene ring substituents is 1. The van der Waals surface area contributed by atoms with E-state index in [9.17, 15) is 14.9 Å². The number of benzene rings is 1. The predicted molar refractivity (Wildman–Crippen MR) is 84.3 cm³/mol. The summed E-state index contributed by atoms with van der Waals surface area (Å²) in [7, 11) is 0. The smallest absolute Gasteiger partial charge is 0.285 e. The first-order chi connectivity index (χ1) is 11.1. The summed E-state index contributed by atoms with van der Waals surface area (Å²) in [5.41, 5.74) is 1.57. The molecule has 1 aromatic heterocycles. The molecule has 2 heterocycles. The van der Waals surface area contributed by atoms with E-state index in [-0.39, 0.29) is 23.1 Å². The zero-order valence-electron chi connectivity index (χ0n) is 12.9. The Kier molecular flexibility index (Phi) is 4.10. The largest absolute Gasteiger partial charge is 0.338 e. The molecule has 0 spiro atoms. The molecule has 120 valence electrons. The van der Waals surface area contributed by atoms with Gasteiger partial charge in [0.25, 0.3) is 11.6 Å². The minimum Gasteiger partial charge on any atom is -0.338 e. The van der Waals surface area contributed by atoms with E-state index >= 15 is 0 Å². The van der Waals surface area contributed by atoms with Crippen LogP contribution in [0.25, 0.3) is 0 Å². The highest BCUT2D eigenvalue weighted by Gasteiger charge is 2.30. The van der Waals surface area contributed by atoms with E-state index in [1.54, 1.807) is 30.2 Å².